The van der Waals surface area contributed by atoms with E-state index in [2.05, 4.69) is 27.8 Å². The topological polar surface area (TPSA) is 45.7 Å². The predicted octanol–water partition coefficient (Wildman–Crippen LogP) is 3.23. The van der Waals surface area contributed by atoms with Crippen LogP contribution in [0.5, 0.6) is 0 Å². The van der Waals surface area contributed by atoms with E-state index in [9.17, 15) is 4.39 Å². The van der Waals surface area contributed by atoms with E-state index in [0.717, 1.165) is 23.2 Å². The Kier molecular flexibility index (Phi) is 7.23. The molecule has 0 bridgehead atoms. The second kappa shape index (κ2) is 9.67. The first-order valence-corrected chi connectivity index (χ1v) is 8.05. The highest BCUT2D eigenvalue weighted by atomic mass is 19.1. The van der Waals surface area contributed by atoms with Gasteiger partial charge in [0.05, 0.1) is 13.2 Å². The fourth-order valence-corrected chi connectivity index (χ4v) is 2.35. The molecule has 0 fully saturated rings. The van der Waals surface area contributed by atoms with Crippen molar-refractivity contribution < 1.29 is 9.13 Å². The highest BCUT2D eigenvalue weighted by Gasteiger charge is 2.03. The quantitative estimate of drug-likeness (QED) is 0.605. The van der Waals surface area contributed by atoms with Gasteiger partial charge in [-0.3, -0.25) is 0 Å². The molecule has 2 aromatic carbocycles. The minimum Gasteiger partial charge on any atom is -0.380 e. The van der Waals surface area contributed by atoms with E-state index < -0.39 is 0 Å². The number of guanidine groups is 1. The number of halogens is 1. The van der Waals surface area contributed by atoms with Gasteiger partial charge in [-0.15, -0.1) is 0 Å². The maximum absolute atomic E-state index is 13.2. The van der Waals surface area contributed by atoms with E-state index in [1.54, 1.807) is 13.2 Å². The average Bonchev–Trinajstić information content (AvgIpc) is 2.59. The van der Waals surface area contributed by atoms with Crippen LogP contribution in [0.15, 0.2) is 53.5 Å². The highest BCUT2D eigenvalue weighted by Crippen LogP contribution is 2.09. The standard InChI is InChI=1S/C19H24FN3O/c1-3-21-19(22-12-15-7-6-10-18(20)11-15)23-13-16-8-4-5-9-17(16)14-24-2/h4-11H,3,12-14H2,1-2H3,(H2,21,22,23). The van der Waals surface area contributed by atoms with Crippen LogP contribution in [0, 0.1) is 5.82 Å². The molecule has 0 saturated heterocycles. The predicted molar refractivity (Wildman–Crippen MR) is 95.2 cm³/mol. The largest absolute Gasteiger partial charge is 0.380 e. The molecule has 0 aliphatic carbocycles. The summed E-state index contributed by atoms with van der Waals surface area (Å²) < 4.78 is 18.5. The average molecular weight is 329 g/mol. The Morgan fingerprint density at radius 3 is 2.58 bits per heavy atom. The first kappa shape index (κ1) is 17.9. The lowest BCUT2D eigenvalue weighted by atomic mass is 10.1. The molecule has 24 heavy (non-hydrogen) atoms. The van der Waals surface area contributed by atoms with Crippen molar-refractivity contribution in [1.29, 1.82) is 0 Å². The van der Waals surface area contributed by atoms with Crippen LogP contribution in [0.4, 0.5) is 4.39 Å². The Morgan fingerprint density at radius 1 is 1.08 bits per heavy atom. The molecule has 2 N–H and O–H groups in total. The van der Waals surface area contributed by atoms with Crippen LogP contribution in [0.3, 0.4) is 0 Å². The zero-order valence-corrected chi connectivity index (χ0v) is 14.2. The molecule has 0 saturated carbocycles. The second-order valence-corrected chi connectivity index (χ2v) is 5.38. The number of methoxy groups -OCH3 is 1. The van der Waals surface area contributed by atoms with Crippen LogP contribution < -0.4 is 10.6 Å². The summed E-state index contributed by atoms with van der Waals surface area (Å²) in [5.41, 5.74) is 3.15. The van der Waals surface area contributed by atoms with Gasteiger partial charge in [-0.25, -0.2) is 9.38 Å². The fourth-order valence-electron chi connectivity index (χ4n) is 2.35. The molecule has 0 amide bonds. The molecule has 5 heteroatoms. The number of nitrogens with one attached hydrogen (secondary N) is 2. The van der Waals surface area contributed by atoms with Crippen molar-refractivity contribution in [3.8, 4) is 0 Å². The number of benzene rings is 2. The fraction of sp³-hybridized carbons (Fsp3) is 0.316. The van der Waals surface area contributed by atoms with Gasteiger partial charge < -0.3 is 15.4 Å². The summed E-state index contributed by atoms with van der Waals surface area (Å²) in [6, 6.07) is 14.6. The molecule has 0 aromatic heterocycles. The van der Waals surface area contributed by atoms with E-state index in [4.69, 9.17) is 4.74 Å². The van der Waals surface area contributed by atoms with E-state index in [1.807, 2.05) is 25.1 Å². The Hall–Kier alpha value is -2.40. The Labute approximate surface area is 142 Å². The van der Waals surface area contributed by atoms with Crippen molar-refractivity contribution >= 4 is 5.96 Å². The summed E-state index contributed by atoms with van der Waals surface area (Å²) in [4.78, 5) is 4.51. The lowest BCUT2D eigenvalue weighted by Crippen LogP contribution is -2.37. The van der Waals surface area contributed by atoms with Gasteiger partial charge in [0.1, 0.15) is 5.82 Å². The van der Waals surface area contributed by atoms with Crippen molar-refractivity contribution in [3.05, 3.63) is 71.0 Å². The zero-order valence-electron chi connectivity index (χ0n) is 14.2. The third-order valence-corrected chi connectivity index (χ3v) is 3.52. The van der Waals surface area contributed by atoms with Gasteiger partial charge in [0.15, 0.2) is 5.96 Å². The first-order valence-electron chi connectivity index (χ1n) is 8.05. The lowest BCUT2D eigenvalue weighted by Gasteiger charge is -2.14. The molecule has 0 atom stereocenters. The van der Waals surface area contributed by atoms with Gasteiger partial charge in [-0.2, -0.15) is 0 Å². The number of ether oxygens (including phenoxy) is 1. The van der Waals surface area contributed by atoms with Gasteiger partial charge in [-0.05, 0) is 35.7 Å². The molecule has 0 aliphatic heterocycles. The molecular weight excluding hydrogens is 305 g/mol. The van der Waals surface area contributed by atoms with Crippen LogP contribution in [0.2, 0.25) is 0 Å². The molecule has 0 unspecified atom stereocenters. The van der Waals surface area contributed by atoms with E-state index in [-0.39, 0.29) is 5.82 Å². The zero-order chi connectivity index (χ0) is 17.2. The normalized spacial score (nSPS) is 11.4. The maximum Gasteiger partial charge on any atom is 0.191 e. The molecule has 0 aliphatic rings. The van der Waals surface area contributed by atoms with Crippen molar-refractivity contribution in [3.63, 3.8) is 0 Å². The van der Waals surface area contributed by atoms with Crippen LogP contribution in [0.25, 0.3) is 0 Å². The van der Waals surface area contributed by atoms with Crippen molar-refractivity contribution in [2.75, 3.05) is 13.7 Å². The Morgan fingerprint density at radius 2 is 1.88 bits per heavy atom. The summed E-state index contributed by atoms with van der Waals surface area (Å²) in [5, 5.41) is 6.51. The summed E-state index contributed by atoms with van der Waals surface area (Å²) >= 11 is 0. The Balaban J connectivity index is 2.02. The molecule has 4 nitrogen and oxygen atoms in total. The van der Waals surface area contributed by atoms with Gasteiger partial charge >= 0.3 is 0 Å². The molecule has 0 radical (unpaired) electrons. The van der Waals surface area contributed by atoms with Crippen LogP contribution in [-0.4, -0.2) is 19.6 Å². The summed E-state index contributed by atoms with van der Waals surface area (Å²) in [6.07, 6.45) is 0. The van der Waals surface area contributed by atoms with Gasteiger partial charge in [-0.1, -0.05) is 36.4 Å². The number of hydrogen-bond donors (Lipinski definition) is 2. The van der Waals surface area contributed by atoms with Crippen molar-refractivity contribution in [2.24, 2.45) is 4.99 Å². The van der Waals surface area contributed by atoms with Crippen LogP contribution in [0.1, 0.15) is 23.6 Å². The highest BCUT2D eigenvalue weighted by molar-refractivity contribution is 5.79. The van der Waals surface area contributed by atoms with E-state index in [0.29, 0.717) is 25.7 Å². The number of aliphatic imine (C=N–C) groups is 1. The number of hydrogen-bond acceptors (Lipinski definition) is 2. The number of nitrogens with zero attached hydrogens (tertiary/aromatic N) is 1. The van der Waals surface area contributed by atoms with E-state index >= 15 is 0 Å². The minimum absolute atomic E-state index is 0.242. The van der Waals surface area contributed by atoms with Gasteiger partial charge in [0, 0.05) is 20.2 Å². The van der Waals surface area contributed by atoms with Crippen molar-refractivity contribution in [1.82, 2.24) is 10.6 Å². The van der Waals surface area contributed by atoms with E-state index in [1.165, 1.54) is 12.1 Å². The summed E-state index contributed by atoms with van der Waals surface area (Å²) in [6.45, 7) is 4.42. The van der Waals surface area contributed by atoms with Gasteiger partial charge in [0.2, 0.25) is 0 Å². The smallest absolute Gasteiger partial charge is 0.191 e. The third kappa shape index (κ3) is 5.66. The third-order valence-electron chi connectivity index (χ3n) is 3.52. The molecule has 0 spiro atoms. The lowest BCUT2D eigenvalue weighted by molar-refractivity contribution is 0.184. The minimum atomic E-state index is -0.242. The van der Waals surface area contributed by atoms with Crippen LogP contribution >= 0.6 is 0 Å². The monoisotopic (exact) mass is 329 g/mol. The molecule has 128 valence electrons. The second-order valence-electron chi connectivity index (χ2n) is 5.38. The molecular formula is C19H24FN3O. The summed E-state index contributed by atoms with van der Waals surface area (Å²) in [5.74, 6) is 0.461. The molecule has 2 rings (SSSR count). The first-order chi connectivity index (χ1) is 11.7. The number of rotatable bonds is 7. The SMILES string of the molecule is CCNC(=NCc1cccc(F)c1)NCc1ccccc1COC. The van der Waals surface area contributed by atoms with Crippen LogP contribution in [-0.2, 0) is 24.4 Å². The Bertz CT molecular complexity index is 673. The molecule has 2 aromatic rings. The maximum atomic E-state index is 13.2. The molecule has 0 heterocycles. The van der Waals surface area contributed by atoms with Crippen molar-refractivity contribution in [2.45, 2.75) is 26.6 Å². The summed E-state index contributed by atoms with van der Waals surface area (Å²) in [7, 11) is 1.69. The van der Waals surface area contributed by atoms with Gasteiger partial charge in [0.25, 0.3) is 0 Å².